The first-order valence-electron chi connectivity index (χ1n) is 10.1. The molecule has 0 fully saturated rings. The average molecular weight is 438 g/mol. The first-order chi connectivity index (χ1) is 14.4. The van der Waals surface area contributed by atoms with Crippen LogP contribution in [0.2, 0.25) is 6.32 Å². The Morgan fingerprint density at radius 1 is 1.26 bits per heavy atom. The molecular formula is C19H29BN3O8-. The molecule has 2 rings (SSSR count). The van der Waals surface area contributed by atoms with Crippen LogP contribution in [-0.4, -0.2) is 64.4 Å². The van der Waals surface area contributed by atoms with Crippen molar-refractivity contribution in [1.82, 2.24) is 10.6 Å². The van der Waals surface area contributed by atoms with Gasteiger partial charge < -0.3 is 40.9 Å². The van der Waals surface area contributed by atoms with Crippen LogP contribution < -0.4 is 25.8 Å². The third-order valence-electron chi connectivity index (χ3n) is 4.93. The standard InChI is InChI=1S/C19H29BN3O8/c1-4-13(21)18(25)23-11(3)17(24)22-9-10(2)30-14-6-5-12-7-8-20(28,29)31-16(12)15(14)19(26)27/h5-6,10-11,13,28-29H,4,7-9,21H2,1-3H3,(H,22,24)(H,23,25)(H,26,27)/q-1/t10?,11-,13-/m1/s1. The minimum Gasteiger partial charge on any atom is -0.669 e. The van der Waals surface area contributed by atoms with Gasteiger partial charge in [0.25, 0.3) is 0 Å². The van der Waals surface area contributed by atoms with E-state index in [1.165, 1.54) is 13.0 Å². The lowest BCUT2D eigenvalue weighted by Gasteiger charge is -2.37. The number of benzene rings is 1. The summed E-state index contributed by atoms with van der Waals surface area (Å²) >= 11 is 0. The Labute approximate surface area is 179 Å². The molecule has 0 aromatic heterocycles. The third kappa shape index (κ3) is 6.33. The van der Waals surface area contributed by atoms with Crippen LogP contribution in [-0.2, 0) is 16.0 Å². The van der Waals surface area contributed by atoms with E-state index in [4.69, 9.17) is 15.1 Å². The van der Waals surface area contributed by atoms with Gasteiger partial charge in [0, 0.05) is 0 Å². The number of carboxylic acid groups (broad SMARTS) is 1. The van der Waals surface area contributed by atoms with Gasteiger partial charge in [-0.1, -0.05) is 19.3 Å². The van der Waals surface area contributed by atoms with Crippen LogP contribution in [0.15, 0.2) is 12.1 Å². The van der Waals surface area contributed by atoms with Crippen LogP contribution in [0.3, 0.4) is 0 Å². The molecule has 7 N–H and O–H groups in total. The summed E-state index contributed by atoms with van der Waals surface area (Å²) in [5.74, 6) is -2.40. The van der Waals surface area contributed by atoms with E-state index < -0.39 is 42.7 Å². The number of nitrogens with two attached hydrogens (primary N) is 1. The molecule has 1 heterocycles. The molecule has 3 atom stereocenters. The topological polar surface area (TPSA) is 180 Å². The van der Waals surface area contributed by atoms with E-state index >= 15 is 0 Å². The van der Waals surface area contributed by atoms with Crippen LogP contribution in [0.25, 0.3) is 0 Å². The molecular weight excluding hydrogens is 409 g/mol. The summed E-state index contributed by atoms with van der Waals surface area (Å²) in [6.45, 7) is 1.78. The lowest BCUT2D eigenvalue weighted by molar-refractivity contribution is -0.129. The van der Waals surface area contributed by atoms with Crippen LogP contribution in [0.5, 0.6) is 11.5 Å². The normalized spacial score (nSPS) is 17.4. The zero-order chi connectivity index (χ0) is 23.3. The smallest absolute Gasteiger partial charge is 0.430 e. The predicted molar refractivity (Wildman–Crippen MR) is 112 cm³/mol. The van der Waals surface area contributed by atoms with Crippen molar-refractivity contribution in [2.24, 2.45) is 5.73 Å². The molecule has 0 bridgehead atoms. The second-order valence-corrected chi connectivity index (χ2v) is 7.67. The van der Waals surface area contributed by atoms with Crippen LogP contribution >= 0.6 is 0 Å². The van der Waals surface area contributed by atoms with E-state index in [0.29, 0.717) is 12.0 Å². The Hall–Kier alpha value is -2.83. The van der Waals surface area contributed by atoms with Gasteiger partial charge in [-0.2, -0.15) is 0 Å². The van der Waals surface area contributed by atoms with Crippen LogP contribution in [0, 0.1) is 0 Å². The Morgan fingerprint density at radius 3 is 2.55 bits per heavy atom. The van der Waals surface area contributed by atoms with Gasteiger partial charge in [0.1, 0.15) is 23.5 Å². The maximum Gasteiger partial charge on any atom is 0.430 e. The number of carboxylic acids is 1. The number of ether oxygens (including phenoxy) is 1. The van der Waals surface area contributed by atoms with E-state index in [1.807, 2.05) is 0 Å². The van der Waals surface area contributed by atoms with Gasteiger partial charge in [-0.25, -0.2) is 4.79 Å². The number of carbonyl (C=O) groups is 3. The highest BCUT2D eigenvalue weighted by Gasteiger charge is 2.33. The van der Waals surface area contributed by atoms with Gasteiger partial charge in [0.05, 0.1) is 18.3 Å². The Balaban J connectivity index is 2.02. The Bertz CT molecular complexity index is 848. The maximum atomic E-state index is 12.2. The summed E-state index contributed by atoms with van der Waals surface area (Å²) in [7, 11) is 0. The zero-order valence-electron chi connectivity index (χ0n) is 17.8. The molecule has 1 unspecified atom stereocenters. The molecule has 0 saturated heterocycles. The molecule has 31 heavy (non-hydrogen) atoms. The number of hydrogen-bond acceptors (Lipinski definition) is 8. The van der Waals surface area contributed by atoms with Gasteiger partial charge in [0.15, 0.2) is 0 Å². The van der Waals surface area contributed by atoms with Crippen LogP contribution in [0.1, 0.15) is 43.1 Å². The van der Waals surface area contributed by atoms with Crippen LogP contribution in [0.4, 0.5) is 0 Å². The molecule has 12 heteroatoms. The average Bonchev–Trinajstić information content (AvgIpc) is 2.69. The minimum atomic E-state index is -3.14. The number of hydrogen-bond donors (Lipinski definition) is 6. The lowest BCUT2D eigenvalue weighted by atomic mass is 9.70. The van der Waals surface area contributed by atoms with Crippen molar-refractivity contribution in [2.75, 3.05) is 6.54 Å². The zero-order valence-corrected chi connectivity index (χ0v) is 17.8. The number of aromatic carboxylic acids is 1. The molecule has 0 aliphatic carbocycles. The molecule has 11 nitrogen and oxygen atoms in total. The fourth-order valence-electron chi connectivity index (χ4n) is 3.06. The highest BCUT2D eigenvalue weighted by Crippen LogP contribution is 2.38. The lowest BCUT2D eigenvalue weighted by Crippen LogP contribution is -2.51. The number of rotatable bonds is 9. The quantitative estimate of drug-likeness (QED) is 0.274. The molecule has 0 spiro atoms. The molecule has 1 aliphatic rings. The summed E-state index contributed by atoms with van der Waals surface area (Å²) < 4.78 is 10.8. The van der Waals surface area contributed by atoms with Crippen molar-refractivity contribution in [3.63, 3.8) is 0 Å². The molecule has 1 aromatic carbocycles. The van der Waals surface area contributed by atoms with Crippen molar-refractivity contribution in [3.05, 3.63) is 23.3 Å². The second-order valence-electron chi connectivity index (χ2n) is 7.67. The summed E-state index contributed by atoms with van der Waals surface area (Å²) in [6, 6.07) is 1.56. The number of aryl methyl sites for hydroxylation is 1. The highest BCUT2D eigenvalue weighted by atomic mass is 16.6. The van der Waals surface area contributed by atoms with Gasteiger partial charge in [-0.05, 0) is 38.3 Å². The largest absolute Gasteiger partial charge is 0.669 e. The first kappa shape index (κ1) is 24.4. The third-order valence-corrected chi connectivity index (χ3v) is 4.93. The monoisotopic (exact) mass is 438 g/mol. The SMILES string of the molecule is CC[C@@H](N)C(=O)N[C@H](C)C(=O)NCC(C)Oc1ccc2c(c1C(=O)O)O[B-](O)(O)CC2. The summed E-state index contributed by atoms with van der Waals surface area (Å²) in [5.41, 5.74) is 5.83. The van der Waals surface area contributed by atoms with E-state index in [-0.39, 0.29) is 36.3 Å². The summed E-state index contributed by atoms with van der Waals surface area (Å²) in [4.78, 5) is 35.8. The Morgan fingerprint density at radius 2 is 1.94 bits per heavy atom. The van der Waals surface area contributed by atoms with Crippen molar-refractivity contribution in [2.45, 2.75) is 58.1 Å². The van der Waals surface area contributed by atoms with E-state index in [0.717, 1.165) is 0 Å². The van der Waals surface area contributed by atoms with Crippen molar-refractivity contribution in [1.29, 1.82) is 0 Å². The number of carbonyl (C=O) groups excluding carboxylic acids is 2. The highest BCUT2D eigenvalue weighted by molar-refractivity contribution is 6.59. The molecule has 0 radical (unpaired) electrons. The maximum absolute atomic E-state index is 12.2. The number of amides is 2. The molecule has 172 valence electrons. The van der Waals surface area contributed by atoms with E-state index in [2.05, 4.69) is 10.6 Å². The van der Waals surface area contributed by atoms with Crippen molar-refractivity contribution in [3.8, 4) is 11.5 Å². The van der Waals surface area contributed by atoms with Gasteiger partial charge >= 0.3 is 12.7 Å². The fraction of sp³-hybridized carbons (Fsp3) is 0.526. The minimum absolute atomic E-state index is 0.0308. The van der Waals surface area contributed by atoms with Gasteiger partial charge in [-0.3, -0.25) is 9.59 Å². The second kappa shape index (κ2) is 9.99. The molecule has 1 aromatic rings. The Kier molecular flexibility index (Phi) is 7.88. The number of fused-ring (bicyclic) bond motifs is 1. The van der Waals surface area contributed by atoms with Gasteiger partial charge in [0.2, 0.25) is 11.8 Å². The van der Waals surface area contributed by atoms with Gasteiger partial charge in [-0.15, -0.1) is 0 Å². The van der Waals surface area contributed by atoms with E-state index in [1.54, 1.807) is 19.9 Å². The van der Waals surface area contributed by atoms with E-state index in [9.17, 15) is 29.5 Å². The summed E-state index contributed by atoms with van der Waals surface area (Å²) in [5, 5.41) is 34.3. The number of nitrogens with one attached hydrogen (secondary N) is 2. The van der Waals surface area contributed by atoms with Crippen molar-refractivity contribution < 1.29 is 38.9 Å². The van der Waals surface area contributed by atoms with Crippen molar-refractivity contribution >= 4 is 24.5 Å². The summed E-state index contributed by atoms with van der Waals surface area (Å²) in [6.07, 6.45) is 0.0193. The fourth-order valence-corrected chi connectivity index (χ4v) is 3.06. The molecule has 0 saturated carbocycles. The first-order valence-corrected chi connectivity index (χ1v) is 10.1. The predicted octanol–water partition coefficient (Wildman–Crippen LogP) is -0.631. The molecule has 2 amide bonds. The molecule has 1 aliphatic heterocycles.